The number of piperazine rings is 1. The van der Waals surface area contributed by atoms with Gasteiger partial charge in [0, 0.05) is 43.3 Å². The van der Waals surface area contributed by atoms with Gasteiger partial charge in [0.1, 0.15) is 0 Å². The number of para-hydroxylation sites is 1. The Bertz CT molecular complexity index is 777. The number of halogens is 1. The van der Waals surface area contributed by atoms with Crippen molar-refractivity contribution in [2.75, 3.05) is 32.7 Å². The van der Waals surface area contributed by atoms with E-state index in [1.807, 2.05) is 40.3 Å². The molecule has 1 aromatic carbocycles. The van der Waals surface area contributed by atoms with Crippen LogP contribution in [0.25, 0.3) is 10.9 Å². The predicted octanol–water partition coefficient (Wildman–Crippen LogP) is 1.55. The first-order chi connectivity index (χ1) is 12.2. The standard InChI is InChI=1S/C19H24N4O2.ClH/c24-18(12-14-13-21-16-5-2-1-4-15(14)16)22-8-10-23(11-9-22)19(25)17-6-3-7-20-17;/h1-2,4-5,13,17,20-21H,3,6-12H2;1H. The molecule has 26 heavy (non-hydrogen) atoms. The van der Waals surface area contributed by atoms with Crippen LogP contribution in [0.1, 0.15) is 18.4 Å². The molecular weight excluding hydrogens is 352 g/mol. The first-order valence-electron chi connectivity index (χ1n) is 9.07. The van der Waals surface area contributed by atoms with Gasteiger partial charge in [-0.1, -0.05) is 18.2 Å². The highest BCUT2D eigenvalue weighted by atomic mass is 35.5. The van der Waals surface area contributed by atoms with Gasteiger partial charge in [0.2, 0.25) is 11.8 Å². The van der Waals surface area contributed by atoms with E-state index < -0.39 is 0 Å². The molecule has 3 heterocycles. The molecule has 1 aromatic heterocycles. The van der Waals surface area contributed by atoms with E-state index in [4.69, 9.17) is 0 Å². The van der Waals surface area contributed by atoms with E-state index in [0.717, 1.165) is 35.9 Å². The minimum absolute atomic E-state index is 0. The lowest BCUT2D eigenvalue weighted by Crippen LogP contribution is -2.54. The van der Waals surface area contributed by atoms with Crippen molar-refractivity contribution in [1.29, 1.82) is 0 Å². The summed E-state index contributed by atoms with van der Waals surface area (Å²) in [6.45, 7) is 3.45. The number of aromatic nitrogens is 1. The summed E-state index contributed by atoms with van der Waals surface area (Å²) in [4.78, 5) is 32.1. The van der Waals surface area contributed by atoms with Crippen LogP contribution in [0.2, 0.25) is 0 Å². The summed E-state index contributed by atoms with van der Waals surface area (Å²) in [5.41, 5.74) is 2.10. The second kappa shape index (κ2) is 8.10. The number of hydrogen-bond donors (Lipinski definition) is 2. The minimum atomic E-state index is -0.0199. The first-order valence-corrected chi connectivity index (χ1v) is 9.07. The van der Waals surface area contributed by atoms with Crippen LogP contribution in [-0.4, -0.2) is 65.4 Å². The maximum atomic E-state index is 12.6. The molecule has 7 heteroatoms. The predicted molar refractivity (Wildman–Crippen MR) is 103 cm³/mol. The van der Waals surface area contributed by atoms with Crippen molar-refractivity contribution in [3.05, 3.63) is 36.0 Å². The van der Waals surface area contributed by atoms with Crippen LogP contribution in [-0.2, 0) is 16.0 Å². The Morgan fingerprint density at radius 1 is 1.08 bits per heavy atom. The molecule has 2 N–H and O–H groups in total. The van der Waals surface area contributed by atoms with E-state index in [1.165, 1.54) is 0 Å². The number of nitrogens with one attached hydrogen (secondary N) is 2. The number of nitrogens with zero attached hydrogens (tertiary/aromatic N) is 2. The normalized spacial score (nSPS) is 20.2. The van der Waals surface area contributed by atoms with Gasteiger partial charge in [-0.25, -0.2) is 0 Å². The molecule has 2 aliphatic rings. The van der Waals surface area contributed by atoms with Crippen molar-refractivity contribution >= 4 is 35.1 Å². The van der Waals surface area contributed by atoms with E-state index in [9.17, 15) is 9.59 Å². The van der Waals surface area contributed by atoms with Crippen LogP contribution in [0, 0.1) is 0 Å². The zero-order chi connectivity index (χ0) is 17.2. The van der Waals surface area contributed by atoms with Gasteiger partial charge in [-0.05, 0) is 31.0 Å². The Hall–Kier alpha value is -2.05. The molecule has 1 atom stereocenters. The van der Waals surface area contributed by atoms with Crippen LogP contribution in [0.5, 0.6) is 0 Å². The van der Waals surface area contributed by atoms with Crippen molar-refractivity contribution in [3.8, 4) is 0 Å². The van der Waals surface area contributed by atoms with Crippen molar-refractivity contribution in [2.45, 2.75) is 25.3 Å². The summed E-state index contributed by atoms with van der Waals surface area (Å²) < 4.78 is 0. The van der Waals surface area contributed by atoms with Gasteiger partial charge in [-0.2, -0.15) is 0 Å². The lowest BCUT2D eigenvalue weighted by Gasteiger charge is -2.36. The maximum Gasteiger partial charge on any atom is 0.239 e. The van der Waals surface area contributed by atoms with Gasteiger partial charge in [0.05, 0.1) is 12.5 Å². The fourth-order valence-electron chi connectivity index (χ4n) is 3.84. The molecule has 2 saturated heterocycles. The lowest BCUT2D eigenvalue weighted by molar-refractivity contribution is -0.140. The Labute approximate surface area is 159 Å². The molecule has 140 valence electrons. The largest absolute Gasteiger partial charge is 0.361 e. The molecule has 6 nitrogen and oxygen atoms in total. The summed E-state index contributed by atoms with van der Waals surface area (Å²) in [5, 5.41) is 4.37. The third-order valence-electron chi connectivity index (χ3n) is 5.32. The Balaban J connectivity index is 0.00000196. The molecule has 0 saturated carbocycles. The quantitative estimate of drug-likeness (QED) is 0.854. The van der Waals surface area contributed by atoms with E-state index in [2.05, 4.69) is 10.3 Å². The van der Waals surface area contributed by atoms with E-state index >= 15 is 0 Å². The van der Waals surface area contributed by atoms with Crippen LogP contribution in [0.15, 0.2) is 30.5 Å². The Morgan fingerprint density at radius 2 is 1.81 bits per heavy atom. The Morgan fingerprint density at radius 3 is 2.54 bits per heavy atom. The van der Waals surface area contributed by atoms with Gasteiger partial charge in [-0.3, -0.25) is 9.59 Å². The molecule has 1 unspecified atom stereocenters. The fraction of sp³-hybridized carbons (Fsp3) is 0.474. The molecule has 0 aliphatic carbocycles. The van der Waals surface area contributed by atoms with E-state index in [0.29, 0.717) is 32.6 Å². The van der Waals surface area contributed by atoms with Gasteiger partial charge in [0.15, 0.2) is 0 Å². The minimum Gasteiger partial charge on any atom is -0.361 e. The second-order valence-corrected chi connectivity index (χ2v) is 6.89. The second-order valence-electron chi connectivity index (χ2n) is 6.89. The van der Waals surface area contributed by atoms with Crippen molar-refractivity contribution < 1.29 is 9.59 Å². The number of hydrogen-bond acceptors (Lipinski definition) is 3. The average Bonchev–Trinajstić information content (AvgIpc) is 3.32. The van der Waals surface area contributed by atoms with Crippen molar-refractivity contribution in [3.63, 3.8) is 0 Å². The number of benzene rings is 1. The third-order valence-corrected chi connectivity index (χ3v) is 5.32. The van der Waals surface area contributed by atoms with Crippen LogP contribution < -0.4 is 5.32 Å². The molecule has 4 rings (SSSR count). The van der Waals surface area contributed by atoms with Crippen molar-refractivity contribution in [1.82, 2.24) is 20.1 Å². The van der Waals surface area contributed by atoms with Gasteiger partial charge < -0.3 is 20.1 Å². The summed E-state index contributed by atoms with van der Waals surface area (Å²) in [7, 11) is 0. The number of carbonyl (C=O) groups is 2. The molecule has 2 aliphatic heterocycles. The lowest BCUT2D eigenvalue weighted by atomic mass is 10.1. The van der Waals surface area contributed by atoms with Gasteiger partial charge in [0.25, 0.3) is 0 Å². The number of rotatable bonds is 3. The molecule has 2 fully saturated rings. The number of fused-ring (bicyclic) bond motifs is 1. The summed E-state index contributed by atoms with van der Waals surface area (Å²) in [6, 6.07) is 8.02. The van der Waals surface area contributed by atoms with E-state index in [-0.39, 0.29) is 30.3 Å². The monoisotopic (exact) mass is 376 g/mol. The maximum absolute atomic E-state index is 12.6. The molecule has 2 amide bonds. The highest BCUT2D eigenvalue weighted by Crippen LogP contribution is 2.19. The first kappa shape index (κ1) is 18.7. The zero-order valence-corrected chi connectivity index (χ0v) is 15.6. The molecule has 0 spiro atoms. The van der Waals surface area contributed by atoms with E-state index in [1.54, 1.807) is 0 Å². The van der Waals surface area contributed by atoms with Crippen molar-refractivity contribution in [2.24, 2.45) is 0 Å². The average molecular weight is 377 g/mol. The number of carbonyl (C=O) groups excluding carboxylic acids is 2. The van der Waals surface area contributed by atoms with Gasteiger partial charge >= 0.3 is 0 Å². The summed E-state index contributed by atoms with van der Waals surface area (Å²) in [5.74, 6) is 0.331. The highest BCUT2D eigenvalue weighted by Gasteiger charge is 2.30. The molecular formula is C19H25ClN4O2. The third kappa shape index (κ3) is 3.71. The molecule has 0 radical (unpaired) electrons. The summed E-state index contributed by atoms with van der Waals surface area (Å²) >= 11 is 0. The topological polar surface area (TPSA) is 68.4 Å². The number of amides is 2. The fourth-order valence-corrected chi connectivity index (χ4v) is 3.84. The van der Waals surface area contributed by atoms with Crippen LogP contribution in [0.3, 0.4) is 0 Å². The molecule has 2 aromatic rings. The van der Waals surface area contributed by atoms with Gasteiger partial charge in [-0.15, -0.1) is 12.4 Å². The number of H-pyrrole nitrogens is 1. The highest BCUT2D eigenvalue weighted by molar-refractivity contribution is 5.89. The van der Waals surface area contributed by atoms with Crippen LogP contribution in [0.4, 0.5) is 0 Å². The number of aromatic amines is 1. The summed E-state index contributed by atoms with van der Waals surface area (Å²) in [6.07, 6.45) is 4.33. The Kier molecular flexibility index (Phi) is 5.84. The SMILES string of the molecule is Cl.O=C(Cc1c[nH]c2ccccc12)N1CCN(C(=O)C2CCCN2)CC1. The molecule has 0 bridgehead atoms. The van der Waals surface area contributed by atoms with Crippen LogP contribution >= 0.6 is 12.4 Å². The smallest absolute Gasteiger partial charge is 0.239 e. The zero-order valence-electron chi connectivity index (χ0n) is 14.7.